The van der Waals surface area contributed by atoms with Crippen molar-refractivity contribution < 1.29 is 14.3 Å². The van der Waals surface area contributed by atoms with Crippen molar-refractivity contribution in [3.63, 3.8) is 0 Å². The zero-order chi connectivity index (χ0) is 23.0. The van der Waals surface area contributed by atoms with E-state index in [0.29, 0.717) is 18.4 Å². The molecule has 0 saturated heterocycles. The Balaban J connectivity index is 1.92. The molecule has 0 aliphatic heterocycles. The summed E-state index contributed by atoms with van der Waals surface area (Å²) in [6.07, 6.45) is 8.32. The molecule has 0 spiro atoms. The Morgan fingerprint density at radius 1 is 1.10 bits per heavy atom. The van der Waals surface area contributed by atoms with Crippen molar-refractivity contribution in [3.8, 4) is 0 Å². The minimum Gasteiger partial charge on any atom is -0.463 e. The molecule has 31 heavy (non-hydrogen) atoms. The van der Waals surface area contributed by atoms with Crippen molar-refractivity contribution >= 4 is 5.97 Å². The molecule has 3 heteroatoms. The normalized spacial score (nSPS) is 29.0. The first-order chi connectivity index (χ1) is 14.5. The summed E-state index contributed by atoms with van der Waals surface area (Å²) in [7, 11) is 1.78. The van der Waals surface area contributed by atoms with E-state index < -0.39 is 0 Å². The van der Waals surface area contributed by atoms with E-state index in [-0.39, 0.29) is 22.2 Å². The van der Waals surface area contributed by atoms with Gasteiger partial charge in [-0.1, -0.05) is 65.0 Å². The zero-order valence-corrected chi connectivity index (χ0v) is 20.7. The van der Waals surface area contributed by atoms with Gasteiger partial charge in [0.1, 0.15) is 0 Å². The number of hydrogen-bond acceptors (Lipinski definition) is 3. The first-order valence-electron chi connectivity index (χ1n) is 11.6. The Morgan fingerprint density at radius 3 is 2.35 bits per heavy atom. The Bertz CT molecular complexity index is 890. The van der Waals surface area contributed by atoms with Crippen LogP contribution in [0.3, 0.4) is 0 Å². The lowest BCUT2D eigenvalue weighted by atomic mass is 9.62. The van der Waals surface area contributed by atoms with Crippen LogP contribution in [0.2, 0.25) is 0 Å². The quantitative estimate of drug-likeness (QED) is 0.295. The van der Waals surface area contributed by atoms with Crippen molar-refractivity contribution in [3.05, 3.63) is 58.7 Å². The first kappa shape index (κ1) is 23.8. The van der Waals surface area contributed by atoms with Crippen LogP contribution in [0.15, 0.2) is 42.0 Å². The van der Waals surface area contributed by atoms with Crippen LogP contribution in [0.4, 0.5) is 0 Å². The van der Waals surface area contributed by atoms with Crippen LogP contribution >= 0.6 is 0 Å². The van der Waals surface area contributed by atoms with Crippen molar-refractivity contribution in [2.24, 2.45) is 11.8 Å². The molecular weight excluding hydrogens is 384 g/mol. The number of esters is 1. The van der Waals surface area contributed by atoms with Gasteiger partial charge in [-0.2, -0.15) is 0 Å². The Kier molecular flexibility index (Phi) is 6.58. The second-order valence-electron chi connectivity index (χ2n) is 10.9. The highest BCUT2D eigenvalue weighted by Gasteiger charge is 2.60. The van der Waals surface area contributed by atoms with E-state index in [1.54, 1.807) is 13.2 Å². The molecule has 1 aromatic rings. The molecule has 0 heterocycles. The Morgan fingerprint density at radius 2 is 1.74 bits per heavy atom. The largest absolute Gasteiger partial charge is 0.463 e. The van der Waals surface area contributed by atoms with Crippen molar-refractivity contribution in [2.75, 3.05) is 20.3 Å². The van der Waals surface area contributed by atoms with Crippen LogP contribution < -0.4 is 0 Å². The summed E-state index contributed by atoms with van der Waals surface area (Å²) in [5.74, 6) is 0.536. The molecule has 2 aliphatic carbocycles. The maximum absolute atomic E-state index is 11.7. The summed E-state index contributed by atoms with van der Waals surface area (Å²) in [5, 5.41) is 0. The predicted molar refractivity (Wildman–Crippen MR) is 127 cm³/mol. The van der Waals surface area contributed by atoms with Gasteiger partial charge in [-0.25, -0.2) is 4.79 Å². The van der Waals surface area contributed by atoms with E-state index in [1.807, 2.05) is 13.8 Å². The highest BCUT2D eigenvalue weighted by Crippen LogP contribution is 2.61. The smallest absolute Gasteiger partial charge is 0.330 e. The number of ether oxygens (including phenoxy) is 2. The van der Waals surface area contributed by atoms with Gasteiger partial charge in [0, 0.05) is 18.6 Å². The topological polar surface area (TPSA) is 35.5 Å². The molecule has 1 saturated carbocycles. The van der Waals surface area contributed by atoms with E-state index in [2.05, 4.69) is 65.0 Å². The third-order valence-corrected chi connectivity index (χ3v) is 7.81. The molecule has 170 valence electrons. The highest BCUT2D eigenvalue weighted by molar-refractivity contribution is 5.83. The minimum absolute atomic E-state index is 0.0451. The molecule has 3 rings (SSSR count). The van der Waals surface area contributed by atoms with Gasteiger partial charge in [0.15, 0.2) is 0 Å². The molecule has 1 aromatic carbocycles. The van der Waals surface area contributed by atoms with Gasteiger partial charge >= 0.3 is 5.97 Å². The Labute approximate surface area is 188 Å². The number of carbonyl (C=O) groups excluding carboxylic acids is 1. The van der Waals surface area contributed by atoms with Gasteiger partial charge in [-0.3, -0.25) is 0 Å². The molecular formula is C28H40O3. The second-order valence-corrected chi connectivity index (χ2v) is 10.9. The lowest BCUT2D eigenvalue weighted by Gasteiger charge is -2.42. The number of rotatable bonds is 7. The highest BCUT2D eigenvalue weighted by atomic mass is 16.5. The Hall–Kier alpha value is -1.87. The molecule has 3 nitrogen and oxygen atoms in total. The number of fused-ring (bicyclic) bond motifs is 1. The van der Waals surface area contributed by atoms with Crippen LogP contribution in [0.25, 0.3) is 0 Å². The predicted octanol–water partition coefficient (Wildman–Crippen LogP) is 6.25. The third-order valence-electron chi connectivity index (χ3n) is 7.81. The number of benzene rings is 1. The van der Waals surface area contributed by atoms with Crippen LogP contribution in [0.1, 0.15) is 78.0 Å². The van der Waals surface area contributed by atoms with Crippen LogP contribution in [-0.2, 0) is 30.5 Å². The molecule has 0 aromatic heterocycles. The molecule has 1 fully saturated rings. The minimum atomic E-state index is -0.281. The molecule has 2 aliphatic rings. The average Bonchev–Trinajstić information content (AvgIpc) is 3.27. The SMILES string of the molecule is CCOC(=O)/C=C(C)/C=C/[C@H]1[C@@H](COC)[C@]1(C)c1ccc2c(c1)C(C)(C)CCC2(C)C. The van der Waals surface area contributed by atoms with E-state index in [0.717, 1.165) is 12.2 Å². The fourth-order valence-corrected chi connectivity index (χ4v) is 5.43. The zero-order valence-electron chi connectivity index (χ0n) is 20.7. The molecule has 0 unspecified atom stereocenters. The number of carbonyl (C=O) groups is 1. The van der Waals surface area contributed by atoms with Crippen molar-refractivity contribution in [1.29, 1.82) is 0 Å². The number of methoxy groups -OCH3 is 1. The summed E-state index contributed by atoms with van der Waals surface area (Å²) in [4.78, 5) is 11.7. The van der Waals surface area contributed by atoms with Gasteiger partial charge in [0.05, 0.1) is 13.2 Å². The molecule has 0 radical (unpaired) electrons. The summed E-state index contributed by atoms with van der Waals surface area (Å²) in [6, 6.07) is 7.21. The van der Waals surface area contributed by atoms with Gasteiger partial charge in [0.25, 0.3) is 0 Å². The average molecular weight is 425 g/mol. The molecule has 0 N–H and O–H groups in total. The maximum Gasteiger partial charge on any atom is 0.330 e. The van der Waals surface area contributed by atoms with Crippen LogP contribution in [0.5, 0.6) is 0 Å². The summed E-state index contributed by atoms with van der Waals surface area (Å²) in [5.41, 5.74) is 5.80. The molecule has 3 atom stereocenters. The van der Waals surface area contributed by atoms with E-state index in [9.17, 15) is 4.79 Å². The monoisotopic (exact) mass is 424 g/mol. The van der Waals surface area contributed by atoms with Crippen molar-refractivity contribution in [2.45, 2.75) is 77.6 Å². The van der Waals surface area contributed by atoms with Crippen molar-refractivity contribution in [1.82, 2.24) is 0 Å². The number of allylic oxidation sites excluding steroid dienone is 3. The van der Waals surface area contributed by atoms with E-state index in [1.165, 1.54) is 29.5 Å². The van der Waals surface area contributed by atoms with Gasteiger partial charge in [-0.15, -0.1) is 0 Å². The molecule has 0 amide bonds. The fourth-order valence-electron chi connectivity index (χ4n) is 5.43. The van der Waals surface area contributed by atoms with Gasteiger partial charge in [-0.05, 0) is 71.6 Å². The van der Waals surface area contributed by atoms with Crippen LogP contribution in [-0.4, -0.2) is 26.3 Å². The molecule has 0 bridgehead atoms. The van der Waals surface area contributed by atoms with Gasteiger partial charge < -0.3 is 9.47 Å². The lowest BCUT2D eigenvalue weighted by molar-refractivity contribution is -0.137. The maximum atomic E-state index is 11.7. The van der Waals surface area contributed by atoms with Crippen LogP contribution in [0, 0.1) is 11.8 Å². The lowest BCUT2D eigenvalue weighted by Crippen LogP contribution is -2.34. The summed E-state index contributed by atoms with van der Waals surface area (Å²) in [6.45, 7) is 16.8. The standard InChI is InChI=1S/C28H40O3/c1-9-31-25(29)16-19(2)10-12-22-24(18-30-8)28(22,7)20-11-13-21-23(17-20)27(5,6)15-14-26(21,3)4/h10-13,16-17,22,24H,9,14-15,18H2,1-8H3/b12-10+,19-16+/t22-,24+,28+/m0/s1. The fraction of sp³-hybridized carbons (Fsp3) is 0.607. The van der Waals surface area contributed by atoms with E-state index in [4.69, 9.17) is 9.47 Å². The van der Waals surface area contributed by atoms with Gasteiger partial charge in [0.2, 0.25) is 0 Å². The first-order valence-corrected chi connectivity index (χ1v) is 11.6. The third kappa shape index (κ3) is 4.53. The summed E-state index contributed by atoms with van der Waals surface area (Å²) >= 11 is 0. The van der Waals surface area contributed by atoms with E-state index >= 15 is 0 Å². The summed E-state index contributed by atoms with van der Waals surface area (Å²) < 4.78 is 10.6. The number of hydrogen-bond donors (Lipinski definition) is 0. The second kappa shape index (κ2) is 8.58.